The number of oxazole rings is 1. The number of nitrogens with zero attached hydrogens (tertiary/aromatic N) is 2. The van der Waals surface area contributed by atoms with Crippen LogP contribution in [0.4, 0.5) is 0 Å². The minimum Gasteiger partial charge on any atom is -0.441 e. The first-order chi connectivity index (χ1) is 12.6. The average molecular weight is 357 g/mol. The number of hydrogen-bond donors (Lipinski definition) is 1. The summed E-state index contributed by atoms with van der Waals surface area (Å²) >= 11 is 0. The van der Waals surface area contributed by atoms with Crippen LogP contribution in [0.25, 0.3) is 11.1 Å². The van der Waals surface area contributed by atoms with Gasteiger partial charge in [0.15, 0.2) is 11.5 Å². The molecule has 2 aromatic rings. The third kappa shape index (κ3) is 5.56. The lowest BCUT2D eigenvalue weighted by Gasteiger charge is -2.21. The van der Waals surface area contributed by atoms with E-state index in [9.17, 15) is 4.79 Å². The molecule has 0 saturated carbocycles. The summed E-state index contributed by atoms with van der Waals surface area (Å²) in [5.41, 5.74) is 1.64. The smallest absolute Gasteiger partial charge is 0.220 e. The number of nitrogens with one attached hydrogen (secondary N) is 1. The molecule has 1 aromatic carbocycles. The van der Waals surface area contributed by atoms with Crippen LogP contribution in [0, 0.1) is 5.92 Å². The molecule has 1 unspecified atom stereocenters. The number of carbonyl (C=O) groups excluding carboxylic acids is 1. The second kappa shape index (κ2) is 9.17. The van der Waals surface area contributed by atoms with Gasteiger partial charge < -0.3 is 14.6 Å². The Morgan fingerprint density at radius 3 is 2.96 bits per heavy atom. The Morgan fingerprint density at radius 1 is 1.31 bits per heavy atom. The first-order valence-electron chi connectivity index (χ1n) is 9.96. The number of para-hydroxylation sites is 2. The van der Waals surface area contributed by atoms with Gasteiger partial charge in [-0.25, -0.2) is 4.98 Å². The molecule has 5 nitrogen and oxygen atoms in total. The fraction of sp³-hybridized carbons (Fsp3) is 0.619. The molecule has 1 aliphatic rings. The number of benzene rings is 1. The fourth-order valence-electron chi connectivity index (χ4n) is 3.51. The van der Waals surface area contributed by atoms with Gasteiger partial charge in [0.2, 0.25) is 5.91 Å². The Bertz CT molecular complexity index is 677. The van der Waals surface area contributed by atoms with Gasteiger partial charge in [0.1, 0.15) is 5.52 Å². The van der Waals surface area contributed by atoms with E-state index in [-0.39, 0.29) is 5.91 Å². The summed E-state index contributed by atoms with van der Waals surface area (Å²) in [5, 5.41) is 3.21. The Hall–Kier alpha value is -1.88. The van der Waals surface area contributed by atoms with E-state index in [0.29, 0.717) is 24.8 Å². The number of hydrogen-bond acceptors (Lipinski definition) is 4. The third-order valence-electron chi connectivity index (χ3n) is 5.11. The SMILES string of the molecule is CC(C)CCN1CCCC(NC(=O)CCc2nc3ccccc3o2)CC1. The van der Waals surface area contributed by atoms with E-state index in [2.05, 4.69) is 29.0 Å². The molecule has 3 rings (SSSR count). The highest BCUT2D eigenvalue weighted by molar-refractivity contribution is 5.76. The lowest BCUT2D eigenvalue weighted by atomic mass is 10.1. The number of likely N-dealkylation sites (tertiary alicyclic amines) is 1. The van der Waals surface area contributed by atoms with Gasteiger partial charge in [-0.2, -0.15) is 0 Å². The molecule has 5 heteroatoms. The second-order valence-electron chi connectivity index (χ2n) is 7.79. The van der Waals surface area contributed by atoms with Gasteiger partial charge in [0.05, 0.1) is 0 Å². The van der Waals surface area contributed by atoms with Crippen molar-refractivity contribution in [3.63, 3.8) is 0 Å². The first-order valence-corrected chi connectivity index (χ1v) is 9.96. The molecule has 1 saturated heterocycles. The zero-order chi connectivity index (χ0) is 18.4. The number of rotatable bonds is 7. The first kappa shape index (κ1) is 18.9. The summed E-state index contributed by atoms with van der Waals surface area (Å²) in [5.74, 6) is 1.50. The summed E-state index contributed by atoms with van der Waals surface area (Å²) in [6.07, 6.45) is 5.52. The van der Waals surface area contributed by atoms with E-state index in [4.69, 9.17) is 4.42 Å². The van der Waals surface area contributed by atoms with Crippen LogP contribution in [0.2, 0.25) is 0 Å². The minimum absolute atomic E-state index is 0.105. The van der Waals surface area contributed by atoms with Crippen LogP contribution in [0.5, 0.6) is 0 Å². The number of fused-ring (bicyclic) bond motifs is 1. The van der Waals surface area contributed by atoms with Crippen molar-refractivity contribution in [1.82, 2.24) is 15.2 Å². The molecule has 0 bridgehead atoms. The lowest BCUT2D eigenvalue weighted by molar-refractivity contribution is -0.121. The van der Waals surface area contributed by atoms with Crippen molar-refractivity contribution < 1.29 is 9.21 Å². The van der Waals surface area contributed by atoms with Crippen LogP contribution in [-0.4, -0.2) is 41.5 Å². The average Bonchev–Trinajstić information content (AvgIpc) is 2.91. The largest absolute Gasteiger partial charge is 0.441 e. The normalized spacial score (nSPS) is 19.0. The van der Waals surface area contributed by atoms with Gasteiger partial charge in [-0.05, 0) is 56.8 Å². The van der Waals surface area contributed by atoms with Crippen LogP contribution in [0.15, 0.2) is 28.7 Å². The van der Waals surface area contributed by atoms with Gasteiger partial charge in [0.25, 0.3) is 0 Å². The van der Waals surface area contributed by atoms with Gasteiger partial charge >= 0.3 is 0 Å². The molecular weight excluding hydrogens is 326 g/mol. The highest BCUT2D eigenvalue weighted by Crippen LogP contribution is 2.16. The molecule has 1 amide bonds. The summed E-state index contributed by atoms with van der Waals surface area (Å²) in [6.45, 7) is 7.97. The lowest BCUT2D eigenvalue weighted by Crippen LogP contribution is -2.36. The Morgan fingerprint density at radius 2 is 2.15 bits per heavy atom. The van der Waals surface area contributed by atoms with E-state index in [1.54, 1.807) is 0 Å². The quantitative estimate of drug-likeness (QED) is 0.819. The monoisotopic (exact) mass is 357 g/mol. The predicted octanol–water partition coefficient (Wildman–Crippen LogP) is 3.78. The van der Waals surface area contributed by atoms with E-state index in [1.807, 2.05) is 24.3 Å². The Balaban J connectivity index is 1.41. The summed E-state index contributed by atoms with van der Waals surface area (Å²) in [4.78, 5) is 19.3. The maximum atomic E-state index is 12.3. The Labute approximate surface area is 156 Å². The number of aromatic nitrogens is 1. The molecule has 0 aliphatic carbocycles. The molecule has 1 aliphatic heterocycles. The summed E-state index contributed by atoms with van der Waals surface area (Å²) < 4.78 is 5.69. The molecule has 1 atom stereocenters. The highest BCUT2D eigenvalue weighted by atomic mass is 16.3. The standard InChI is InChI=1S/C21H31N3O2/c1-16(2)11-14-24-13-5-6-17(12-15-24)22-20(25)9-10-21-23-18-7-3-4-8-19(18)26-21/h3-4,7-8,16-17H,5-6,9-15H2,1-2H3,(H,22,25). The predicted molar refractivity (Wildman–Crippen MR) is 104 cm³/mol. The molecule has 142 valence electrons. The Kier molecular flexibility index (Phi) is 6.67. The van der Waals surface area contributed by atoms with Crippen LogP contribution in [0.1, 0.15) is 51.8 Å². The van der Waals surface area contributed by atoms with Crippen molar-refractivity contribution in [3.8, 4) is 0 Å². The maximum absolute atomic E-state index is 12.3. The van der Waals surface area contributed by atoms with Gasteiger partial charge in [-0.3, -0.25) is 4.79 Å². The second-order valence-corrected chi connectivity index (χ2v) is 7.79. The van der Waals surface area contributed by atoms with Crippen molar-refractivity contribution >= 4 is 17.0 Å². The van der Waals surface area contributed by atoms with Crippen LogP contribution in [-0.2, 0) is 11.2 Å². The maximum Gasteiger partial charge on any atom is 0.220 e. The molecular formula is C21H31N3O2. The molecule has 0 radical (unpaired) electrons. The molecule has 1 fully saturated rings. The molecule has 1 N–H and O–H groups in total. The molecule has 1 aromatic heterocycles. The van der Waals surface area contributed by atoms with Crippen LogP contribution >= 0.6 is 0 Å². The summed E-state index contributed by atoms with van der Waals surface area (Å²) in [6, 6.07) is 8.01. The van der Waals surface area contributed by atoms with Crippen LogP contribution in [0.3, 0.4) is 0 Å². The number of amides is 1. The van der Waals surface area contributed by atoms with E-state index in [1.165, 1.54) is 13.0 Å². The topological polar surface area (TPSA) is 58.4 Å². The van der Waals surface area contributed by atoms with E-state index < -0.39 is 0 Å². The van der Waals surface area contributed by atoms with Gasteiger partial charge in [-0.1, -0.05) is 26.0 Å². The van der Waals surface area contributed by atoms with Gasteiger partial charge in [0, 0.05) is 25.4 Å². The van der Waals surface area contributed by atoms with Gasteiger partial charge in [-0.15, -0.1) is 0 Å². The van der Waals surface area contributed by atoms with Crippen molar-refractivity contribution in [2.24, 2.45) is 5.92 Å². The zero-order valence-electron chi connectivity index (χ0n) is 16.0. The van der Waals surface area contributed by atoms with Crippen molar-refractivity contribution in [1.29, 1.82) is 0 Å². The van der Waals surface area contributed by atoms with E-state index in [0.717, 1.165) is 49.4 Å². The summed E-state index contributed by atoms with van der Waals surface area (Å²) in [7, 11) is 0. The highest BCUT2D eigenvalue weighted by Gasteiger charge is 2.19. The third-order valence-corrected chi connectivity index (χ3v) is 5.11. The number of carbonyl (C=O) groups is 1. The molecule has 26 heavy (non-hydrogen) atoms. The zero-order valence-corrected chi connectivity index (χ0v) is 16.0. The van der Waals surface area contributed by atoms with Crippen molar-refractivity contribution in [2.45, 2.75) is 58.4 Å². The molecule has 0 spiro atoms. The van der Waals surface area contributed by atoms with E-state index >= 15 is 0 Å². The minimum atomic E-state index is 0.105. The number of aryl methyl sites for hydroxylation is 1. The van der Waals surface area contributed by atoms with Crippen LogP contribution < -0.4 is 5.32 Å². The molecule has 2 heterocycles. The van der Waals surface area contributed by atoms with Crippen molar-refractivity contribution in [2.75, 3.05) is 19.6 Å². The fourth-order valence-corrected chi connectivity index (χ4v) is 3.51. The van der Waals surface area contributed by atoms with Crippen molar-refractivity contribution in [3.05, 3.63) is 30.2 Å².